The monoisotopic (exact) mass is 333 g/mol. The number of nitrogens with zero attached hydrogens (tertiary/aromatic N) is 6. The molecule has 0 unspecified atom stereocenters. The minimum atomic E-state index is -0.183. The minimum absolute atomic E-state index is 0.0728. The topological polar surface area (TPSA) is 90.5 Å². The molecule has 1 N–H and O–H groups in total. The summed E-state index contributed by atoms with van der Waals surface area (Å²) in [5.41, 5.74) is 3.85. The molecule has 4 rings (SSSR count). The third kappa shape index (κ3) is 3.37. The predicted molar refractivity (Wildman–Crippen MR) is 91.7 cm³/mol. The summed E-state index contributed by atoms with van der Waals surface area (Å²) in [6.45, 7) is 0.751. The molecule has 0 aliphatic carbocycles. The molecule has 0 saturated carbocycles. The van der Waals surface area contributed by atoms with Gasteiger partial charge in [-0.1, -0.05) is 24.3 Å². The number of para-hydroxylation sites is 2. The summed E-state index contributed by atoms with van der Waals surface area (Å²) in [5, 5.41) is 13.5. The van der Waals surface area contributed by atoms with Crippen molar-refractivity contribution in [1.82, 2.24) is 29.8 Å². The second-order valence-electron chi connectivity index (χ2n) is 5.62. The molecule has 0 spiro atoms. The highest BCUT2D eigenvalue weighted by molar-refractivity contribution is 5.90. The first-order valence-electron chi connectivity index (χ1n) is 7.77. The van der Waals surface area contributed by atoms with E-state index < -0.39 is 0 Å². The van der Waals surface area contributed by atoms with Crippen molar-refractivity contribution in [3.63, 3.8) is 0 Å². The summed E-state index contributed by atoms with van der Waals surface area (Å²) in [4.78, 5) is 16.4. The van der Waals surface area contributed by atoms with Crippen molar-refractivity contribution >= 4 is 22.6 Å². The van der Waals surface area contributed by atoms with Gasteiger partial charge in [-0.25, -0.2) is 9.67 Å². The van der Waals surface area contributed by atoms with Crippen LogP contribution in [-0.2, 0) is 17.9 Å². The molecule has 2 aromatic carbocycles. The van der Waals surface area contributed by atoms with E-state index in [9.17, 15) is 4.79 Å². The molecule has 8 heteroatoms. The fourth-order valence-electron chi connectivity index (χ4n) is 2.68. The van der Waals surface area contributed by atoms with Crippen molar-refractivity contribution in [3.05, 3.63) is 66.7 Å². The molecule has 2 heterocycles. The molecule has 0 bridgehead atoms. The summed E-state index contributed by atoms with van der Waals surface area (Å²) in [6.07, 6.45) is 3.23. The number of benzene rings is 2. The van der Waals surface area contributed by atoms with Crippen LogP contribution < -0.4 is 5.32 Å². The SMILES string of the molecule is O=C(Cn1cnnn1)Nc1cccc(Cn2cnc3ccccc32)c1. The predicted octanol–water partition coefficient (Wildman–Crippen LogP) is 1.71. The number of amides is 1. The van der Waals surface area contributed by atoms with Crippen LogP contribution in [0.4, 0.5) is 5.69 Å². The molecule has 0 radical (unpaired) electrons. The summed E-state index contributed by atoms with van der Waals surface area (Å²) >= 11 is 0. The molecule has 0 atom stereocenters. The van der Waals surface area contributed by atoms with Crippen LogP contribution in [0.5, 0.6) is 0 Å². The fourth-order valence-corrected chi connectivity index (χ4v) is 2.68. The Bertz CT molecular complexity index is 1010. The molecule has 2 aromatic heterocycles. The third-order valence-electron chi connectivity index (χ3n) is 3.79. The van der Waals surface area contributed by atoms with Gasteiger partial charge in [0.05, 0.1) is 17.4 Å². The number of rotatable bonds is 5. The summed E-state index contributed by atoms with van der Waals surface area (Å²) in [5.74, 6) is -0.183. The van der Waals surface area contributed by atoms with Gasteiger partial charge in [0.2, 0.25) is 5.91 Å². The Morgan fingerprint density at radius 1 is 1.08 bits per heavy atom. The number of tetrazole rings is 1. The van der Waals surface area contributed by atoms with Crippen LogP contribution in [0.3, 0.4) is 0 Å². The van der Waals surface area contributed by atoms with Gasteiger partial charge in [-0.3, -0.25) is 4.79 Å². The van der Waals surface area contributed by atoms with Crippen molar-refractivity contribution < 1.29 is 4.79 Å². The lowest BCUT2D eigenvalue weighted by molar-refractivity contribution is -0.116. The van der Waals surface area contributed by atoms with Crippen molar-refractivity contribution in [2.45, 2.75) is 13.1 Å². The molecule has 0 saturated heterocycles. The Balaban J connectivity index is 1.48. The van der Waals surface area contributed by atoms with Crippen LogP contribution in [0.2, 0.25) is 0 Å². The van der Waals surface area contributed by atoms with E-state index in [0.29, 0.717) is 6.54 Å². The van der Waals surface area contributed by atoms with Crippen LogP contribution in [0.25, 0.3) is 11.0 Å². The third-order valence-corrected chi connectivity index (χ3v) is 3.79. The molecule has 0 fully saturated rings. The maximum atomic E-state index is 12.0. The zero-order valence-electron chi connectivity index (χ0n) is 13.3. The lowest BCUT2D eigenvalue weighted by Crippen LogP contribution is -2.19. The quantitative estimate of drug-likeness (QED) is 0.600. The van der Waals surface area contributed by atoms with Gasteiger partial charge in [0.25, 0.3) is 0 Å². The first-order chi connectivity index (χ1) is 12.3. The number of hydrogen-bond acceptors (Lipinski definition) is 5. The smallest absolute Gasteiger partial charge is 0.246 e. The number of carbonyl (C=O) groups excluding carboxylic acids is 1. The van der Waals surface area contributed by atoms with E-state index in [-0.39, 0.29) is 12.5 Å². The number of imidazole rings is 1. The lowest BCUT2D eigenvalue weighted by atomic mass is 10.2. The Labute approximate surface area is 143 Å². The molecular weight excluding hydrogens is 318 g/mol. The largest absolute Gasteiger partial charge is 0.326 e. The lowest BCUT2D eigenvalue weighted by Gasteiger charge is -2.08. The number of anilines is 1. The van der Waals surface area contributed by atoms with Gasteiger partial charge < -0.3 is 9.88 Å². The zero-order valence-corrected chi connectivity index (χ0v) is 13.3. The highest BCUT2D eigenvalue weighted by Crippen LogP contribution is 2.16. The van der Waals surface area contributed by atoms with Crippen LogP contribution in [-0.4, -0.2) is 35.7 Å². The van der Waals surface area contributed by atoms with Gasteiger partial charge in [0.15, 0.2) is 0 Å². The average Bonchev–Trinajstić information content (AvgIpc) is 3.26. The highest BCUT2D eigenvalue weighted by atomic mass is 16.2. The second kappa shape index (κ2) is 6.52. The molecule has 4 aromatic rings. The van der Waals surface area contributed by atoms with Gasteiger partial charge in [0.1, 0.15) is 12.9 Å². The van der Waals surface area contributed by atoms with E-state index in [2.05, 4.69) is 30.4 Å². The summed E-state index contributed by atoms with van der Waals surface area (Å²) in [7, 11) is 0. The van der Waals surface area contributed by atoms with Crippen molar-refractivity contribution in [2.24, 2.45) is 0 Å². The second-order valence-corrected chi connectivity index (χ2v) is 5.62. The molecule has 0 aliphatic rings. The van der Waals surface area contributed by atoms with Gasteiger partial charge in [-0.15, -0.1) is 5.10 Å². The van der Waals surface area contributed by atoms with Gasteiger partial charge in [0, 0.05) is 12.2 Å². The number of fused-ring (bicyclic) bond motifs is 1. The maximum Gasteiger partial charge on any atom is 0.246 e. The normalized spacial score (nSPS) is 10.9. The molecule has 8 nitrogen and oxygen atoms in total. The Morgan fingerprint density at radius 2 is 2.00 bits per heavy atom. The highest BCUT2D eigenvalue weighted by Gasteiger charge is 2.06. The van der Waals surface area contributed by atoms with Crippen molar-refractivity contribution in [2.75, 3.05) is 5.32 Å². The fraction of sp³-hybridized carbons (Fsp3) is 0.118. The number of hydrogen-bond donors (Lipinski definition) is 1. The Hall–Kier alpha value is -3.55. The van der Waals surface area contributed by atoms with Crippen LogP contribution >= 0.6 is 0 Å². The number of aromatic nitrogens is 6. The van der Waals surface area contributed by atoms with E-state index >= 15 is 0 Å². The zero-order chi connectivity index (χ0) is 17.1. The molecular formula is C17H15N7O. The first-order valence-corrected chi connectivity index (χ1v) is 7.77. The van der Waals surface area contributed by atoms with Gasteiger partial charge >= 0.3 is 0 Å². The van der Waals surface area contributed by atoms with Crippen LogP contribution in [0, 0.1) is 0 Å². The van der Waals surface area contributed by atoms with E-state index in [1.54, 1.807) is 0 Å². The Morgan fingerprint density at radius 3 is 2.88 bits per heavy atom. The molecule has 25 heavy (non-hydrogen) atoms. The summed E-state index contributed by atoms with van der Waals surface area (Å²) in [6, 6.07) is 15.7. The molecule has 124 valence electrons. The Kier molecular flexibility index (Phi) is 3.91. The van der Waals surface area contributed by atoms with Gasteiger partial charge in [-0.05, 0) is 40.3 Å². The van der Waals surface area contributed by atoms with Crippen LogP contribution in [0.1, 0.15) is 5.56 Å². The van der Waals surface area contributed by atoms with E-state index in [0.717, 1.165) is 22.3 Å². The number of nitrogens with one attached hydrogen (secondary N) is 1. The molecule has 1 amide bonds. The molecule has 0 aliphatic heterocycles. The van der Waals surface area contributed by atoms with Crippen molar-refractivity contribution in [1.29, 1.82) is 0 Å². The van der Waals surface area contributed by atoms with E-state index in [1.165, 1.54) is 11.0 Å². The van der Waals surface area contributed by atoms with E-state index in [1.807, 2.05) is 54.9 Å². The minimum Gasteiger partial charge on any atom is -0.326 e. The standard InChI is InChI=1S/C17H15N7O/c25-17(10-24-12-19-21-22-24)20-14-5-3-4-13(8-14)9-23-11-18-15-6-1-2-7-16(15)23/h1-8,11-12H,9-10H2,(H,20,25). The summed E-state index contributed by atoms with van der Waals surface area (Å²) < 4.78 is 3.45. The number of carbonyl (C=O) groups is 1. The maximum absolute atomic E-state index is 12.0. The average molecular weight is 333 g/mol. The van der Waals surface area contributed by atoms with E-state index in [4.69, 9.17) is 0 Å². The first kappa shape index (κ1) is 15.0. The van der Waals surface area contributed by atoms with Gasteiger partial charge in [-0.2, -0.15) is 0 Å². The van der Waals surface area contributed by atoms with Crippen molar-refractivity contribution in [3.8, 4) is 0 Å². The van der Waals surface area contributed by atoms with Crippen LogP contribution in [0.15, 0.2) is 61.2 Å².